The van der Waals surface area contributed by atoms with Crippen LogP contribution in [0.5, 0.6) is 0 Å². The zero-order valence-corrected chi connectivity index (χ0v) is 11.8. The number of alkyl halides is 1. The lowest BCUT2D eigenvalue weighted by atomic mass is 10.1. The van der Waals surface area contributed by atoms with E-state index in [1.54, 1.807) is 11.8 Å². The van der Waals surface area contributed by atoms with Gasteiger partial charge in [0, 0.05) is 25.4 Å². The number of amides is 4. The van der Waals surface area contributed by atoms with Crippen LogP contribution in [0.25, 0.3) is 0 Å². The number of halogens is 1. The van der Waals surface area contributed by atoms with E-state index >= 15 is 0 Å². The fourth-order valence-corrected chi connectivity index (χ4v) is 2.13. The van der Waals surface area contributed by atoms with Gasteiger partial charge in [-0.05, 0) is 26.2 Å². The van der Waals surface area contributed by atoms with Gasteiger partial charge in [0.1, 0.15) is 6.04 Å². The molecule has 1 saturated heterocycles. The molecular weight excluding hydrogens is 270 g/mol. The third-order valence-electron chi connectivity index (χ3n) is 2.96. The molecule has 1 aliphatic heterocycles. The molecule has 0 radical (unpaired) electrons. The molecule has 7 heteroatoms. The number of imide groups is 1. The highest BCUT2D eigenvalue weighted by molar-refractivity contribution is 6.19. The average molecular weight is 290 g/mol. The minimum Gasteiger partial charge on any atom is -0.341 e. The molecule has 0 aliphatic carbocycles. The lowest BCUT2D eigenvalue weighted by molar-refractivity contribution is -0.133. The van der Waals surface area contributed by atoms with Crippen molar-refractivity contribution in [3.8, 4) is 0 Å². The number of piperidine rings is 1. The Balaban J connectivity index is 2.36. The number of hydrogen-bond acceptors (Lipinski definition) is 3. The molecule has 1 rings (SSSR count). The number of carbonyl (C=O) groups excluding carboxylic acids is 3. The summed E-state index contributed by atoms with van der Waals surface area (Å²) in [7, 11) is 0. The van der Waals surface area contributed by atoms with E-state index in [0.29, 0.717) is 0 Å². The Kier molecular flexibility index (Phi) is 6.62. The van der Waals surface area contributed by atoms with Crippen LogP contribution in [0.4, 0.5) is 4.79 Å². The molecule has 1 aliphatic rings. The molecule has 2 N–H and O–H groups in total. The highest BCUT2D eigenvalue weighted by Gasteiger charge is 2.23. The van der Waals surface area contributed by atoms with E-state index in [4.69, 9.17) is 11.6 Å². The third kappa shape index (κ3) is 5.46. The van der Waals surface area contributed by atoms with Crippen LogP contribution in [0.15, 0.2) is 0 Å². The van der Waals surface area contributed by atoms with Gasteiger partial charge in [-0.3, -0.25) is 14.9 Å². The Bertz CT molecular complexity index is 343. The first kappa shape index (κ1) is 15.8. The number of carbonyl (C=O) groups is 3. The quantitative estimate of drug-likeness (QED) is 0.753. The fourth-order valence-electron chi connectivity index (χ4n) is 1.96. The van der Waals surface area contributed by atoms with Crippen molar-refractivity contribution < 1.29 is 14.4 Å². The summed E-state index contributed by atoms with van der Waals surface area (Å²) in [6, 6.07) is -1.30. The molecule has 0 aromatic heterocycles. The topological polar surface area (TPSA) is 78.5 Å². The molecule has 4 amide bonds. The summed E-state index contributed by atoms with van der Waals surface area (Å²) in [5.41, 5.74) is 0. The SMILES string of the molecule is CC(NC(=O)NC(=O)CCCl)C(=O)N1CCCCC1. The van der Waals surface area contributed by atoms with Gasteiger partial charge in [0.05, 0.1) is 0 Å². The van der Waals surface area contributed by atoms with Crippen LogP contribution in [0, 0.1) is 0 Å². The Morgan fingerprint density at radius 2 is 1.84 bits per heavy atom. The van der Waals surface area contributed by atoms with Crippen LogP contribution in [0.1, 0.15) is 32.6 Å². The molecule has 19 heavy (non-hydrogen) atoms. The van der Waals surface area contributed by atoms with Crippen molar-refractivity contribution in [2.45, 2.75) is 38.6 Å². The number of nitrogens with one attached hydrogen (secondary N) is 2. The number of nitrogens with zero attached hydrogens (tertiary/aromatic N) is 1. The van der Waals surface area contributed by atoms with Crippen molar-refractivity contribution in [3.05, 3.63) is 0 Å². The summed E-state index contributed by atoms with van der Waals surface area (Å²) in [5.74, 6) is -0.411. The lowest BCUT2D eigenvalue weighted by Crippen LogP contribution is -2.51. The van der Waals surface area contributed by atoms with Crippen LogP contribution in [-0.4, -0.2) is 47.8 Å². The number of urea groups is 1. The maximum absolute atomic E-state index is 12.0. The highest BCUT2D eigenvalue weighted by Crippen LogP contribution is 2.09. The maximum Gasteiger partial charge on any atom is 0.322 e. The molecule has 0 aromatic rings. The van der Waals surface area contributed by atoms with Gasteiger partial charge in [-0.1, -0.05) is 0 Å². The largest absolute Gasteiger partial charge is 0.341 e. The number of rotatable bonds is 4. The summed E-state index contributed by atoms with van der Waals surface area (Å²) in [6.45, 7) is 3.08. The van der Waals surface area contributed by atoms with E-state index in [9.17, 15) is 14.4 Å². The molecule has 0 spiro atoms. The van der Waals surface area contributed by atoms with Crippen LogP contribution < -0.4 is 10.6 Å². The van der Waals surface area contributed by atoms with Crippen molar-refractivity contribution in [3.63, 3.8) is 0 Å². The minimum absolute atomic E-state index is 0.0728. The van der Waals surface area contributed by atoms with Gasteiger partial charge in [-0.25, -0.2) is 4.79 Å². The predicted octanol–water partition coefficient (Wildman–Crippen LogP) is 0.842. The molecule has 108 valence electrons. The summed E-state index contributed by atoms with van der Waals surface area (Å²) in [4.78, 5) is 36.4. The van der Waals surface area contributed by atoms with E-state index in [0.717, 1.165) is 32.4 Å². The van der Waals surface area contributed by atoms with Crippen molar-refractivity contribution in [2.75, 3.05) is 19.0 Å². The Morgan fingerprint density at radius 1 is 1.21 bits per heavy atom. The first-order chi connectivity index (χ1) is 9.04. The Hall–Kier alpha value is -1.30. The van der Waals surface area contributed by atoms with Gasteiger partial charge in [-0.2, -0.15) is 0 Å². The van der Waals surface area contributed by atoms with E-state index in [1.165, 1.54) is 0 Å². The monoisotopic (exact) mass is 289 g/mol. The highest BCUT2D eigenvalue weighted by atomic mass is 35.5. The van der Waals surface area contributed by atoms with Crippen molar-refractivity contribution >= 4 is 29.4 Å². The smallest absolute Gasteiger partial charge is 0.322 e. The maximum atomic E-state index is 12.0. The first-order valence-electron chi connectivity index (χ1n) is 6.49. The lowest BCUT2D eigenvalue weighted by Gasteiger charge is -2.29. The van der Waals surface area contributed by atoms with E-state index < -0.39 is 18.0 Å². The summed E-state index contributed by atoms with van der Waals surface area (Å²) in [5, 5.41) is 4.59. The number of likely N-dealkylation sites (tertiary alicyclic amines) is 1. The summed E-state index contributed by atoms with van der Waals surface area (Å²) < 4.78 is 0. The van der Waals surface area contributed by atoms with Crippen molar-refractivity contribution in [2.24, 2.45) is 0 Å². The molecule has 1 fully saturated rings. The van der Waals surface area contributed by atoms with Crippen LogP contribution >= 0.6 is 11.6 Å². The predicted molar refractivity (Wildman–Crippen MR) is 71.9 cm³/mol. The fraction of sp³-hybridized carbons (Fsp3) is 0.750. The molecule has 0 saturated carbocycles. The molecule has 6 nitrogen and oxygen atoms in total. The molecule has 1 atom stereocenters. The van der Waals surface area contributed by atoms with Crippen LogP contribution in [-0.2, 0) is 9.59 Å². The minimum atomic E-state index is -0.659. The second-order valence-corrected chi connectivity index (χ2v) is 4.95. The van der Waals surface area contributed by atoms with Gasteiger partial charge in [0.2, 0.25) is 11.8 Å². The zero-order chi connectivity index (χ0) is 14.3. The first-order valence-corrected chi connectivity index (χ1v) is 7.03. The summed E-state index contributed by atoms with van der Waals surface area (Å²) in [6.07, 6.45) is 3.21. The summed E-state index contributed by atoms with van der Waals surface area (Å²) >= 11 is 5.38. The molecule has 0 aromatic carbocycles. The van der Waals surface area contributed by atoms with Crippen molar-refractivity contribution in [1.82, 2.24) is 15.5 Å². The standard InChI is InChI=1S/C12H20ClN3O3/c1-9(11(18)16-7-3-2-4-8-16)14-12(19)15-10(17)5-6-13/h9H,2-8H2,1H3,(H2,14,15,17,19). The normalized spacial score (nSPS) is 16.6. The van der Waals surface area contributed by atoms with Gasteiger partial charge < -0.3 is 10.2 Å². The molecular formula is C12H20ClN3O3. The van der Waals surface area contributed by atoms with Gasteiger partial charge in [-0.15, -0.1) is 11.6 Å². The van der Waals surface area contributed by atoms with Crippen LogP contribution in [0.3, 0.4) is 0 Å². The molecule has 0 bridgehead atoms. The van der Waals surface area contributed by atoms with E-state index in [1.807, 2.05) is 0 Å². The average Bonchev–Trinajstić information content (AvgIpc) is 2.38. The Labute approximate surface area is 117 Å². The van der Waals surface area contributed by atoms with Gasteiger partial charge >= 0.3 is 6.03 Å². The third-order valence-corrected chi connectivity index (χ3v) is 3.15. The van der Waals surface area contributed by atoms with E-state index in [2.05, 4.69) is 10.6 Å². The van der Waals surface area contributed by atoms with Gasteiger partial charge in [0.15, 0.2) is 0 Å². The Morgan fingerprint density at radius 3 is 2.42 bits per heavy atom. The van der Waals surface area contributed by atoms with Crippen molar-refractivity contribution in [1.29, 1.82) is 0 Å². The molecule has 1 unspecified atom stereocenters. The van der Waals surface area contributed by atoms with E-state index in [-0.39, 0.29) is 18.2 Å². The number of hydrogen-bond donors (Lipinski definition) is 2. The van der Waals surface area contributed by atoms with Gasteiger partial charge in [0.25, 0.3) is 0 Å². The molecule has 1 heterocycles. The van der Waals surface area contributed by atoms with Crippen LogP contribution in [0.2, 0.25) is 0 Å². The second kappa shape index (κ2) is 7.99. The zero-order valence-electron chi connectivity index (χ0n) is 11.1. The second-order valence-electron chi connectivity index (χ2n) is 4.57.